The van der Waals surface area contributed by atoms with E-state index in [1.807, 2.05) is 0 Å². The predicted octanol–water partition coefficient (Wildman–Crippen LogP) is 2.81. The molecule has 0 atom stereocenters. The molecule has 27 heavy (non-hydrogen) atoms. The average molecular weight is 368 g/mol. The summed E-state index contributed by atoms with van der Waals surface area (Å²) in [6.45, 7) is 3.46. The third-order valence-corrected chi connectivity index (χ3v) is 4.46. The van der Waals surface area contributed by atoms with Gasteiger partial charge in [-0.15, -0.1) is 0 Å². The van der Waals surface area contributed by atoms with Crippen molar-refractivity contribution in [2.45, 2.75) is 13.8 Å². The Bertz CT molecular complexity index is 1100. The topological polar surface area (TPSA) is 79.7 Å². The van der Waals surface area contributed by atoms with Gasteiger partial charge in [-0.2, -0.15) is 0 Å². The number of carbonyl (C=O) groups excluding carboxylic acids is 1. The number of aryl methyl sites for hydroxylation is 2. The van der Waals surface area contributed by atoms with E-state index >= 15 is 0 Å². The van der Waals surface area contributed by atoms with Crippen molar-refractivity contribution in [3.63, 3.8) is 0 Å². The van der Waals surface area contributed by atoms with Crippen LogP contribution in [0.1, 0.15) is 21.7 Å². The Kier molecular flexibility index (Phi) is 4.85. The number of carbonyl (C=O) groups is 1. The van der Waals surface area contributed by atoms with Gasteiger partial charge in [0.1, 0.15) is 11.5 Å². The highest BCUT2D eigenvalue weighted by molar-refractivity contribution is 6.05. The number of hydrogen-bond donors (Lipinski definition) is 0. The van der Waals surface area contributed by atoms with Gasteiger partial charge in [0.25, 0.3) is 5.56 Å². The molecule has 0 N–H and O–H groups in total. The first kappa shape index (κ1) is 18.4. The lowest BCUT2D eigenvalue weighted by molar-refractivity contribution is 0.0601. The summed E-state index contributed by atoms with van der Waals surface area (Å²) in [5.74, 6) is 0.580. The number of esters is 1. The molecule has 0 amide bonds. The first-order valence-corrected chi connectivity index (χ1v) is 8.26. The molecule has 7 heteroatoms. The van der Waals surface area contributed by atoms with Crippen LogP contribution in [0.25, 0.3) is 16.5 Å². The molecule has 0 bridgehead atoms. The quantitative estimate of drug-likeness (QED) is 0.659. The summed E-state index contributed by atoms with van der Waals surface area (Å²) in [5, 5.41) is 0.864. The summed E-state index contributed by atoms with van der Waals surface area (Å²) in [5.41, 5.74) is 1.57. The minimum absolute atomic E-state index is 0.292. The van der Waals surface area contributed by atoms with Gasteiger partial charge in [0.2, 0.25) is 0 Å². The Morgan fingerprint density at radius 3 is 2.41 bits per heavy atom. The van der Waals surface area contributed by atoms with E-state index in [0.717, 1.165) is 0 Å². The second-order valence-corrected chi connectivity index (χ2v) is 5.97. The Balaban J connectivity index is 2.38. The molecule has 0 fully saturated rings. The van der Waals surface area contributed by atoms with Crippen LogP contribution >= 0.6 is 0 Å². The molecule has 3 aromatic rings. The summed E-state index contributed by atoms with van der Waals surface area (Å²) < 4.78 is 17.0. The number of aromatic nitrogens is 2. The Morgan fingerprint density at radius 1 is 1.04 bits per heavy atom. The van der Waals surface area contributed by atoms with Crippen LogP contribution in [0.5, 0.6) is 11.5 Å². The Labute approximate surface area is 156 Å². The van der Waals surface area contributed by atoms with Crippen molar-refractivity contribution in [1.82, 2.24) is 9.55 Å². The van der Waals surface area contributed by atoms with E-state index in [2.05, 4.69) is 4.98 Å². The first-order valence-electron chi connectivity index (χ1n) is 8.26. The molecule has 0 radical (unpaired) electrons. The molecule has 2 heterocycles. The minimum Gasteiger partial charge on any atom is -0.497 e. The molecule has 0 aliphatic carbocycles. The van der Waals surface area contributed by atoms with Crippen LogP contribution in [-0.2, 0) is 4.74 Å². The minimum atomic E-state index is -0.527. The van der Waals surface area contributed by atoms with Crippen LogP contribution in [0.4, 0.5) is 0 Å². The van der Waals surface area contributed by atoms with Crippen molar-refractivity contribution in [3.05, 3.63) is 57.8 Å². The SMILES string of the molecule is COC(=O)c1c(C)nc(C)c2c(=O)n(-c3cc(OC)ccc3OC)ccc12. The monoisotopic (exact) mass is 368 g/mol. The maximum absolute atomic E-state index is 13.3. The van der Waals surface area contributed by atoms with Crippen LogP contribution in [0, 0.1) is 13.8 Å². The zero-order valence-electron chi connectivity index (χ0n) is 15.8. The van der Waals surface area contributed by atoms with Crippen LogP contribution in [-0.4, -0.2) is 36.8 Å². The molecule has 2 aromatic heterocycles. The molecular weight excluding hydrogens is 348 g/mol. The van der Waals surface area contributed by atoms with Crippen LogP contribution in [0.3, 0.4) is 0 Å². The van der Waals surface area contributed by atoms with Crippen LogP contribution < -0.4 is 15.0 Å². The number of fused-ring (bicyclic) bond motifs is 1. The molecule has 7 nitrogen and oxygen atoms in total. The largest absolute Gasteiger partial charge is 0.497 e. The van der Waals surface area contributed by atoms with Gasteiger partial charge in [-0.05, 0) is 32.0 Å². The van der Waals surface area contributed by atoms with Crippen molar-refractivity contribution in [1.29, 1.82) is 0 Å². The normalized spacial score (nSPS) is 10.7. The van der Waals surface area contributed by atoms with Gasteiger partial charge in [-0.3, -0.25) is 14.3 Å². The number of rotatable bonds is 4. The molecule has 0 saturated carbocycles. The molecular formula is C20H20N2O5. The van der Waals surface area contributed by atoms with Crippen molar-refractivity contribution < 1.29 is 19.0 Å². The summed E-state index contributed by atoms with van der Waals surface area (Å²) in [7, 11) is 4.38. The highest BCUT2D eigenvalue weighted by atomic mass is 16.5. The van der Waals surface area contributed by atoms with Gasteiger partial charge < -0.3 is 14.2 Å². The summed E-state index contributed by atoms with van der Waals surface area (Å²) in [4.78, 5) is 29.8. The molecule has 1 aromatic carbocycles. The summed E-state index contributed by atoms with van der Waals surface area (Å²) in [6, 6.07) is 6.90. The second-order valence-electron chi connectivity index (χ2n) is 5.97. The third kappa shape index (κ3) is 3.01. The zero-order valence-corrected chi connectivity index (χ0v) is 15.8. The van der Waals surface area contributed by atoms with Crippen LogP contribution in [0.2, 0.25) is 0 Å². The Hall–Kier alpha value is -3.35. The number of ether oxygens (including phenoxy) is 3. The third-order valence-electron chi connectivity index (χ3n) is 4.46. The average Bonchev–Trinajstić information content (AvgIpc) is 2.67. The smallest absolute Gasteiger partial charge is 0.340 e. The molecule has 140 valence electrons. The zero-order chi connectivity index (χ0) is 19.7. The fourth-order valence-electron chi connectivity index (χ4n) is 3.19. The van der Waals surface area contributed by atoms with E-state index < -0.39 is 5.97 Å². The van der Waals surface area contributed by atoms with E-state index in [1.165, 1.54) is 18.8 Å². The molecule has 0 aliphatic rings. The van der Waals surface area contributed by atoms with Gasteiger partial charge in [-0.1, -0.05) is 0 Å². The maximum atomic E-state index is 13.3. The predicted molar refractivity (Wildman–Crippen MR) is 101 cm³/mol. The van der Waals surface area contributed by atoms with Gasteiger partial charge in [-0.25, -0.2) is 4.79 Å². The highest BCUT2D eigenvalue weighted by Crippen LogP contribution is 2.28. The van der Waals surface area contributed by atoms with Crippen molar-refractivity contribution in [2.24, 2.45) is 0 Å². The fraction of sp³-hybridized carbons (Fsp3) is 0.250. The van der Waals surface area contributed by atoms with Gasteiger partial charge in [0.15, 0.2) is 0 Å². The fourth-order valence-corrected chi connectivity index (χ4v) is 3.19. The van der Waals surface area contributed by atoms with E-state index in [0.29, 0.717) is 44.9 Å². The molecule has 0 aliphatic heterocycles. The first-order chi connectivity index (χ1) is 12.9. The van der Waals surface area contributed by atoms with Crippen LogP contribution in [0.15, 0.2) is 35.3 Å². The van der Waals surface area contributed by atoms with Gasteiger partial charge >= 0.3 is 5.97 Å². The van der Waals surface area contributed by atoms with Gasteiger partial charge in [0.05, 0.1) is 49.4 Å². The molecule has 0 spiro atoms. The molecule has 0 saturated heterocycles. The number of hydrogen-bond acceptors (Lipinski definition) is 6. The lowest BCUT2D eigenvalue weighted by Gasteiger charge is -2.15. The summed E-state index contributed by atoms with van der Waals surface area (Å²) >= 11 is 0. The van der Waals surface area contributed by atoms with E-state index in [1.54, 1.807) is 51.4 Å². The summed E-state index contributed by atoms with van der Waals surface area (Å²) in [6.07, 6.45) is 1.60. The van der Waals surface area contributed by atoms with E-state index in [-0.39, 0.29) is 5.56 Å². The van der Waals surface area contributed by atoms with Crippen molar-refractivity contribution in [2.75, 3.05) is 21.3 Å². The number of methoxy groups -OCH3 is 3. The lowest BCUT2D eigenvalue weighted by atomic mass is 10.0. The van der Waals surface area contributed by atoms with Crippen molar-refractivity contribution in [3.8, 4) is 17.2 Å². The highest BCUT2D eigenvalue weighted by Gasteiger charge is 2.20. The lowest BCUT2D eigenvalue weighted by Crippen LogP contribution is -2.21. The van der Waals surface area contributed by atoms with E-state index in [4.69, 9.17) is 14.2 Å². The molecule has 3 rings (SSSR count). The van der Waals surface area contributed by atoms with Crippen molar-refractivity contribution >= 4 is 16.7 Å². The van der Waals surface area contributed by atoms with Gasteiger partial charge in [0, 0.05) is 17.6 Å². The number of benzene rings is 1. The van der Waals surface area contributed by atoms with E-state index in [9.17, 15) is 9.59 Å². The Morgan fingerprint density at radius 2 is 1.78 bits per heavy atom. The number of pyridine rings is 2. The molecule has 0 unspecified atom stereocenters. The second kappa shape index (κ2) is 7.11. The maximum Gasteiger partial charge on any atom is 0.340 e. The number of nitrogens with zero attached hydrogens (tertiary/aromatic N) is 2. The standard InChI is InChI=1S/C20H20N2O5/c1-11-17-14(18(12(2)21-11)20(24)27-5)8-9-22(19(17)23)15-10-13(25-3)6-7-16(15)26-4/h6-10H,1-5H3.